The van der Waals surface area contributed by atoms with Crippen LogP contribution in [-0.4, -0.2) is 11.8 Å². The van der Waals surface area contributed by atoms with Gasteiger partial charge < -0.3 is 11.5 Å². The third-order valence-electron chi connectivity index (χ3n) is 1.94. The first-order valence-electron chi connectivity index (χ1n) is 3.83. The summed E-state index contributed by atoms with van der Waals surface area (Å²) >= 11 is 0. The van der Waals surface area contributed by atoms with Crippen LogP contribution >= 0.6 is 0 Å². The number of nitriles is 2. The largest absolute Gasteiger partial charge is 0.369 e. The average Bonchev–Trinajstić information content (AvgIpc) is 2.04. The third kappa shape index (κ3) is 2.46. The summed E-state index contributed by atoms with van der Waals surface area (Å²) in [7, 11) is 0. The van der Waals surface area contributed by atoms with Crippen molar-refractivity contribution in [1.29, 1.82) is 10.5 Å². The normalized spacial score (nSPS) is 15.6. The highest BCUT2D eigenvalue weighted by molar-refractivity contribution is 5.83. The molecule has 4 N–H and O–H groups in total. The number of amides is 2. The summed E-state index contributed by atoms with van der Waals surface area (Å²) in [6.45, 7) is 1.41. The van der Waals surface area contributed by atoms with E-state index in [0.29, 0.717) is 0 Å². The van der Waals surface area contributed by atoms with E-state index < -0.39 is 29.6 Å². The van der Waals surface area contributed by atoms with Crippen molar-refractivity contribution >= 4 is 11.8 Å². The average molecular weight is 194 g/mol. The van der Waals surface area contributed by atoms with E-state index in [1.54, 1.807) is 12.1 Å². The molecule has 2 unspecified atom stereocenters. The maximum atomic E-state index is 10.8. The molecule has 0 spiro atoms. The minimum absolute atomic E-state index is 0.792. The summed E-state index contributed by atoms with van der Waals surface area (Å²) in [4.78, 5) is 21.5. The zero-order valence-electron chi connectivity index (χ0n) is 7.60. The topological polar surface area (TPSA) is 134 Å². The van der Waals surface area contributed by atoms with Crippen LogP contribution in [0.4, 0.5) is 0 Å². The van der Waals surface area contributed by atoms with Crippen molar-refractivity contribution in [2.24, 2.45) is 29.2 Å². The fourth-order valence-corrected chi connectivity index (χ4v) is 1.07. The predicted molar refractivity (Wildman–Crippen MR) is 45.8 cm³/mol. The fraction of sp³-hybridized carbons (Fsp3) is 0.500. The third-order valence-corrected chi connectivity index (χ3v) is 1.94. The van der Waals surface area contributed by atoms with Crippen molar-refractivity contribution in [1.82, 2.24) is 0 Å². The van der Waals surface area contributed by atoms with Gasteiger partial charge in [0, 0.05) is 5.92 Å². The highest BCUT2D eigenvalue weighted by Gasteiger charge is 2.32. The van der Waals surface area contributed by atoms with Crippen molar-refractivity contribution in [2.45, 2.75) is 6.92 Å². The number of nitrogens with two attached hydrogens (primary N) is 2. The molecule has 0 saturated carbocycles. The Morgan fingerprint density at radius 2 is 1.36 bits per heavy atom. The SMILES string of the molecule is CC(C(C#N)C(N)=O)C(C#N)C(N)=O. The lowest BCUT2D eigenvalue weighted by molar-refractivity contribution is -0.124. The van der Waals surface area contributed by atoms with Crippen LogP contribution in [0.25, 0.3) is 0 Å². The fourth-order valence-electron chi connectivity index (χ4n) is 1.07. The Hall–Kier alpha value is -2.08. The summed E-state index contributed by atoms with van der Waals surface area (Å²) in [5.41, 5.74) is 9.84. The van der Waals surface area contributed by atoms with Gasteiger partial charge in [0.1, 0.15) is 11.8 Å². The van der Waals surface area contributed by atoms with Crippen LogP contribution in [0.2, 0.25) is 0 Å². The summed E-state index contributed by atoms with van der Waals surface area (Å²) in [5.74, 6) is -4.86. The number of primary amides is 2. The molecular formula is C8H10N4O2. The zero-order valence-corrected chi connectivity index (χ0v) is 7.60. The van der Waals surface area contributed by atoms with E-state index in [0.717, 1.165) is 0 Å². The molecule has 0 aliphatic heterocycles. The van der Waals surface area contributed by atoms with Gasteiger partial charge in [0.15, 0.2) is 0 Å². The van der Waals surface area contributed by atoms with Crippen LogP contribution in [-0.2, 0) is 9.59 Å². The molecule has 0 rings (SSSR count). The number of nitrogens with zero attached hydrogens (tertiary/aromatic N) is 2. The number of hydrogen-bond acceptors (Lipinski definition) is 4. The molecule has 6 nitrogen and oxygen atoms in total. The van der Waals surface area contributed by atoms with E-state index in [2.05, 4.69) is 0 Å². The van der Waals surface area contributed by atoms with Gasteiger partial charge in [0.05, 0.1) is 12.1 Å². The van der Waals surface area contributed by atoms with Crippen LogP contribution in [0.5, 0.6) is 0 Å². The van der Waals surface area contributed by atoms with Crippen molar-refractivity contribution in [3.8, 4) is 12.1 Å². The number of carbonyl (C=O) groups excluding carboxylic acids is 2. The molecule has 0 aliphatic rings. The first-order chi connectivity index (χ1) is 6.45. The molecule has 0 bridgehead atoms. The van der Waals surface area contributed by atoms with E-state index in [-0.39, 0.29) is 0 Å². The minimum Gasteiger partial charge on any atom is -0.369 e. The van der Waals surface area contributed by atoms with Crippen LogP contribution in [0, 0.1) is 40.4 Å². The second-order valence-electron chi connectivity index (χ2n) is 2.88. The van der Waals surface area contributed by atoms with Crippen molar-refractivity contribution < 1.29 is 9.59 Å². The number of rotatable bonds is 4. The maximum absolute atomic E-state index is 10.8. The van der Waals surface area contributed by atoms with Gasteiger partial charge in [-0.2, -0.15) is 10.5 Å². The molecule has 74 valence electrons. The Balaban J connectivity index is 4.84. The van der Waals surface area contributed by atoms with Gasteiger partial charge in [-0.3, -0.25) is 9.59 Å². The Morgan fingerprint density at radius 3 is 1.50 bits per heavy atom. The second-order valence-corrected chi connectivity index (χ2v) is 2.88. The maximum Gasteiger partial charge on any atom is 0.235 e. The summed E-state index contributed by atoms with van der Waals surface area (Å²) in [6.07, 6.45) is 0. The molecule has 2 atom stereocenters. The highest BCUT2D eigenvalue weighted by Crippen LogP contribution is 2.19. The van der Waals surface area contributed by atoms with Gasteiger partial charge in [-0.05, 0) is 0 Å². The highest BCUT2D eigenvalue weighted by atomic mass is 16.1. The van der Waals surface area contributed by atoms with Gasteiger partial charge in [0.25, 0.3) is 0 Å². The molecule has 0 fully saturated rings. The first-order valence-corrected chi connectivity index (χ1v) is 3.83. The minimum atomic E-state index is -1.17. The molecule has 0 heterocycles. The van der Waals surface area contributed by atoms with Crippen molar-refractivity contribution in [3.63, 3.8) is 0 Å². The van der Waals surface area contributed by atoms with Gasteiger partial charge in [-0.25, -0.2) is 0 Å². The molecule has 14 heavy (non-hydrogen) atoms. The summed E-state index contributed by atoms with van der Waals surface area (Å²) in [5, 5.41) is 17.2. The first kappa shape index (κ1) is 11.9. The van der Waals surface area contributed by atoms with Crippen LogP contribution in [0.1, 0.15) is 6.92 Å². The molecule has 0 aliphatic carbocycles. The molecule has 0 aromatic rings. The molecule has 0 saturated heterocycles. The zero-order chi connectivity index (χ0) is 11.3. The van der Waals surface area contributed by atoms with E-state index in [1.807, 2.05) is 0 Å². The Labute approximate surface area is 81.1 Å². The standard InChI is InChI=1S/C8H10N4O2/c1-4(5(2-9)7(11)13)6(3-10)8(12)14/h4-6H,1H3,(H2,11,13)(H2,12,14). The van der Waals surface area contributed by atoms with E-state index in [4.69, 9.17) is 22.0 Å². The summed E-state index contributed by atoms with van der Waals surface area (Å²) in [6, 6.07) is 3.28. The van der Waals surface area contributed by atoms with Crippen molar-refractivity contribution in [2.75, 3.05) is 0 Å². The van der Waals surface area contributed by atoms with Gasteiger partial charge >= 0.3 is 0 Å². The predicted octanol–water partition coefficient (Wildman–Crippen LogP) is -1.13. The quantitative estimate of drug-likeness (QED) is 0.585. The smallest absolute Gasteiger partial charge is 0.235 e. The van der Waals surface area contributed by atoms with Gasteiger partial charge in [-0.1, -0.05) is 6.92 Å². The Morgan fingerprint density at radius 1 is 1.07 bits per heavy atom. The molecule has 0 radical (unpaired) electrons. The molecular weight excluding hydrogens is 184 g/mol. The Bertz CT molecular complexity index is 293. The molecule has 0 aromatic heterocycles. The van der Waals surface area contributed by atoms with Crippen LogP contribution < -0.4 is 11.5 Å². The van der Waals surface area contributed by atoms with E-state index >= 15 is 0 Å². The van der Waals surface area contributed by atoms with Crippen LogP contribution in [0.3, 0.4) is 0 Å². The molecule has 6 heteroatoms. The lowest BCUT2D eigenvalue weighted by Crippen LogP contribution is -2.36. The Kier molecular flexibility index (Phi) is 4.11. The lowest BCUT2D eigenvalue weighted by atomic mass is 9.83. The molecule has 2 amide bonds. The van der Waals surface area contributed by atoms with E-state index in [1.165, 1.54) is 6.92 Å². The van der Waals surface area contributed by atoms with Gasteiger partial charge in [-0.15, -0.1) is 0 Å². The second kappa shape index (κ2) is 4.83. The van der Waals surface area contributed by atoms with E-state index in [9.17, 15) is 9.59 Å². The number of hydrogen-bond donors (Lipinski definition) is 2. The monoisotopic (exact) mass is 194 g/mol. The van der Waals surface area contributed by atoms with Gasteiger partial charge in [0.2, 0.25) is 11.8 Å². The lowest BCUT2D eigenvalue weighted by Gasteiger charge is -2.16. The summed E-state index contributed by atoms with van der Waals surface area (Å²) < 4.78 is 0. The number of carbonyl (C=O) groups is 2. The van der Waals surface area contributed by atoms with Crippen molar-refractivity contribution in [3.05, 3.63) is 0 Å². The molecule has 0 aromatic carbocycles. The van der Waals surface area contributed by atoms with Crippen LogP contribution in [0.15, 0.2) is 0 Å².